The van der Waals surface area contributed by atoms with Crippen LogP contribution in [0.1, 0.15) is 82.6 Å². The monoisotopic (exact) mass is 672 g/mol. The molecule has 2 aliphatic carbocycles. The van der Waals surface area contributed by atoms with Crippen LogP contribution in [0.25, 0.3) is 0 Å². The van der Waals surface area contributed by atoms with Gasteiger partial charge in [0, 0.05) is 26.6 Å². The van der Waals surface area contributed by atoms with E-state index in [1.165, 1.54) is 17.1 Å². The Morgan fingerprint density at radius 1 is 0.979 bits per heavy atom. The molecule has 11 heteroatoms. The predicted octanol–water partition coefficient (Wildman–Crippen LogP) is 2.69. The van der Waals surface area contributed by atoms with Gasteiger partial charge in [0.2, 0.25) is 21.8 Å². The molecule has 0 bridgehead atoms. The summed E-state index contributed by atoms with van der Waals surface area (Å²) in [5, 5.41) is 27.6. The van der Waals surface area contributed by atoms with Crippen molar-refractivity contribution < 1.29 is 28.2 Å². The molecular formula is C36H56N4O6S. The van der Waals surface area contributed by atoms with E-state index < -0.39 is 57.8 Å². The predicted molar refractivity (Wildman–Crippen MR) is 184 cm³/mol. The van der Waals surface area contributed by atoms with Gasteiger partial charge >= 0.3 is 0 Å². The van der Waals surface area contributed by atoms with E-state index in [0.717, 1.165) is 70.0 Å². The number of aliphatic hydroxyl groups excluding tert-OH is 2. The van der Waals surface area contributed by atoms with Gasteiger partial charge in [0.1, 0.15) is 12.1 Å². The number of carbonyl (C=O) groups is 2. The van der Waals surface area contributed by atoms with E-state index >= 15 is 0 Å². The highest BCUT2D eigenvalue weighted by Gasteiger charge is 2.40. The van der Waals surface area contributed by atoms with E-state index in [2.05, 4.69) is 21.5 Å². The summed E-state index contributed by atoms with van der Waals surface area (Å²) < 4.78 is 28.4. The van der Waals surface area contributed by atoms with Crippen molar-refractivity contribution in [3.05, 3.63) is 35.9 Å². The van der Waals surface area contributed by atoms with Gasteiger partial charge in [-0.2, -0.15) is 0 Å². The molecule has 5 atom stereocenters. The van der Waals surface area contributed by atoms with Crippen molar-refractivity contribution >= 4 is 21.8 Å². The first kappa shape index (κ1) is 37.3. The number of hydrogen-bond acceptors (Lipinski definition) is 7. The fourth-order valence-corrected chi connectivity index (χ4v) is 8.42. The maximum atomic E-state index is 13.8. The zero-order chi connectivity index (χ0) is 33.8. The number of benzene rings is 1. The second-order valence-corrected chi connectivity index (χ2v) is 16.2. The van der Waals surface area contributed by atoms with E-state index in [0.29, 0.717) is 25.4 Å². The van der Waals surface area contributed by atoms with Gasteiger partial charge in [-0.15, -0.1) is 12.3 Å². The summed E-state index contributed by atoms with van der Waals surface area (Å²) >= 11 is 0. The molecule has 1 aromatic carbocycles. The molecule has 262 valence electrons. The molecule has 4 rings (SSSR count). The average Bonchev–Trinajstić information content (AvgIpc) is 3.93. The second kappa shape index (κ2) is 18.3. The Hall–Kier alpha value is -2.49. The zero-order valence-corrected chi connectivity index (χ0v) is 28.9. The minimum absolute atomic E-state index is 0.0237. The molecule has 1 aromatic rings. The van der Waals surface area contributed by atoms with Gasteiger partial charge in [0.05, 0.1) is 23.8 Å². The highest BCUT2D eigenvalue weighted by atomic mass is 32.2. The third kappa shape index (κ3) is 11.9. The van der Waals surface area contributed by atoms with Crippen LogP contribution in [0, 0.1) is 30.1 Å². The SMILES string of the molecule is C#CC[C@H](NC(=O)[C@H](Cc1ccccc1)CS(=O)(=O)N(C)CCN1CCCCC1)C(=O)N[C@@H](CC1CCCCC1)[C@@H](O)[C@@H](O)C1CC1. The number of likely N-dealkylation sites (N-methyl/N-ethyl adjacent to an activating group) is 1. The first-order valence-corrected chi connectivity index (χ1v) is 19.3. The van der Waals surface area contributed by atoms with Crippen LogP contribution in [0.2, 0.25) is 0 Å². The van der Waals surface area contributed by atoms with Crippen LogP contribution in [-0.2, 0) is 26.0 Å². The maximum absolute atomic E-state index is 13.8. The first-order chi connectivity index (χ1) is 22.6. The number of carbonyl (C=O) groups excluding carboxylic acids is 2. The average molecular weight is 673 g/mol. The van der Waals surface area contributed by atoms with E-state index in [-0.39, 0.29) is 18.8 Å². The third-order valence-electron chi connectivity index (χ3n) is 10.2. The normalized spacial score (nSPS) is 21.3. The molecular weight excluding hydrogens is 616 g/mol. The Morgan fingerprint density at radius 3 is 2.28 bits per heavy atom. The van der Waals surface area contributed by atoms with Crippen LogP contribution in [-0.4, -0.2) is 103 Å². The van der Waals surface area contributed by atoms with Gasteiger partial charge < -0.3 is 25.7 Å². The quantitative estimate of drug-likeness (QED) is 0.176. The Morgan fingerprint density at radius 2 is 1.64 bits per heavy atom. The van der Waals surface area contributed by atoms with Crippen LogP contribution in [0.4, 0.5) is 0 Å². The number of aliphatic hydroxyl groups is 2. The fraction of sp³-hybridized carbons (Fsp3) is 0.722. The van der Waals surface area contributed by atoms with Crippen molar-refractivity contribution in [2.75, 3.05) is 39.0 Å². The number of hydrogen-bond donors (Lipinski definition) is 4. The van der Waals surface area contributed by atoms with Crippen LogP contribution in [0.5, 0.6) is 0 Å². The number of piperidine rings is 1. The highest BCUT2D eigenvalue weighted by molar-refractivity contribution is 7.89. The van der Waals surface area contributed by atoms with Gasteiger partial charge in [-0.1, -0.05) is 68.9 Å². The molecule has 3 fully saturated rings. The minimum Gasteiger partial charge on any atom is -0.390 e. The minimum atomic E-state index is -3.81. The van der Waals surface area contributed by atoms with Crippen molar-refractivity contribution in [3.8, 4) is 12.3 Å². The Bertz CT molecular complexity index is 1270. The summed E-state index contributed by atoms with van der Waals surface area (Å²) in [6, 6.07) is 7.42. The lowest BCUT2D eigenvalue weighted by atomic mass is 9.82. The first-order valence-electron chi connectivity index (χ1n) is 17.7. The van der Waals surface area contributed by atoms with E-state index in [1.807, 2.05) is 30.3 Å². The van der Waals surface area contributed by atoms with Crippen LogP contribution in [0.15, 0.2) is 30.3 Å². The van der Waals surface area contributed by atoms with Crippen LogP contribution < -0.4 is 10.6 Å². The summed E-state index contributed by atoms with van der Waals surface area (Å²) in [4.78, 5) is 29.8. The van der Waals surface area contributed by atoms with Crippen molar-refractivity contribution in [2.45, 2.75) is 108 Å². The molecule has 3 aliphatic rings. The summed E-state index contributed by atoms with van der Waals surface area (Å²) in [7, 11) is -2.25. The molecule has 0 spiro atoms. The number of amides is 2. The molecule has 0 aromatic heterocycles. The van der Waals surface area contributed by atoms with Gasteiger partial charge in [0.15, 0.2) is 0 Å². The van der Waals surface area contributed by atoms with Gasteiger partial charge in [-0.3, -0.25) is 9.59 Å². The lowest BCUT2D eigenvalue weighted by molar-refractivity contribution is -0.132. The molecule has 2 amide bonds. The standard InChI is InChI=1S/C36H56N4O6S/c1-3-13-31(36(44)38-32(25-28-16-9-5-10-17-28)34(42)33(41)29-18-19-29)37-35(43)30(24-27-14-7-4-8-15-27)26-47(45,46)39(2)22-23-40-20-11-6-12-21-40/h1,4,7-8,14-15,28-34,41-42H,5-6,9-13,16-26H2,2H3,(H,37,43)(H,38,44)/t30-,31+,32+,33+,34-/m1/s1. The lowest BCUT2D eigenvalue weighted by Gasteiger charge is -2.33. The summed E-state index contributed by atoms with van der Waals surface area (Å²) in [5.74, 6) is 0.331. The number of terminal acetylenes is 1. The number of nitrogens with one attached hydrogen (secondary N) is 2. The maximum Gasteiger partial charge on any atom is 0.243 e. The van der Waals surface area contributed by atoms with Crippen molar-refractivity contribution in [1.82, 2.24) is 19.8 Å². The topological polar surface area (TPSA) is 139 Å². The smallest absolute Gasteiger partial charge is 0.243 e. The highest BCUT2D eigenvalue weighted by Crippen LogP contribution is 2.36. The zero-order valence-electron chi connectivity index (χ0n) is 28.1. The molecule has 0 unspecified atom stereocenters. The third-order valence-corrected chi connectivity index (χ3v) is 12.2. The van der Waals surface area contributed by atoms with E-state index in [1.54, 1.807) is 7.05 Å². The van der Waals surface area contributed by atoms with Crippen molar-refractivity contribution in [2.24, 2.45) is 17.8 Å². The summed E-state index contributed by atoms with van der Waals surface area (Å²) in [6.45, 7) is 2.90. The van der Waals surface area contributed by atoms with Gasteiger partial charge in [0.25, 0.3) is 0 Å². The molecule has 1 aliphatic heterocycles. The Balaban J connectivity index is 1.45. The summed E-state index contributed by atoms with van der Waals surface area (Å²) in [6.07, 6.45) is 14.7. The number of rotatable bonds is 18. The number of sulfonamides is 1. The molecule has 4 N–H and O–H groups in total. The molecule has 10 nitrogen and oxygen atoms in total. The second-order valence-electron chi connectivity index (χ2n) is 14.0. The molecule has 0 radical (unpaired) electrons. The van der Waals surface area contributed by atoms with Crippen molar-refractivity contribution in [1.29, 1.82) is 0 Å². The van der Waals surface area contributed by atoms with E-state index in [9.17, 15) is 28.2 Å². The largest absolute Gasteiger partial charge is 0.390 e. The van der Waals surface area contributed by atoms with Crippen LogP contribution >= 0.6 is 0 Å². The fourth-order valence-electron chi connectivity index (χ4n) is 7.03. The Kier molecular flexibility index (Phi) is 14.6. The number of nitrogens with zero attached hydrogens (tertiary/aromatic N) is 2. The van der Waals surface area contributed by atoms with Crippen LogP contribution in [0.3, 0.4) is 0 Å². The summed E-state index contributed by atoms with van der Waals surface area (Å²) in [5.41, 5.74) is 0.807. The molecule has 1 heterocycles. The van der Waals surface area contributed by atoms with E-state index in [4.69, 9.17) is 6.42 Å². The molecule has 1 saturated heterocycles. The lowest BCUT2D eigenvalue weighted by Crippen LogP contribution is -2.56. The molecule has 2 saturated carbocycles. The molecule has 47 heavy (non-hydrogen) atoms. The van der Waals surface area contributed by atoms with Gasteiger partial charge in [-0.05, 0) is 69.0 Å². The van der Waals surface area contributed by atoms with Gasteiger partial charge in [-0.25, -0.2) is 12.7 Å². The number of likely N-dealkylation sites (tertiary alicyclic amines) is 1. The van der Waals surface area contributed by atoms with Crippen molar-refractivity contribution in [3.63, 3.8) is 0 Å². The Labute approximate surface area is 282 Å².